The Morgan fingerprint density at radius 3 is 2.58 bits per heavy atom. The van der Waals surface area contributed by atoms with Gasteiger partial charge in [0.1, 0.15) is 0 Å². The lowest BCUT2D eigenvalue weighted by Crippen LogP contribution is -2.15. The van der Waals surface area contributed by atoms with Crippen molar-refractivity contribution in [3.05, 3.63) is 0 Å². The summed E-state index contributed by atoms with van der Waals surface area (Å²) in [4.78, 5) is 10.5. The summed E-state index contributed by atoms with van der Waals surface area (Å²) in [6.07, 6.45) is 0.384. The zero-order valence-electron chi connectivity index (χ0n) is 7.10. The van der Waals surface area contributed by atoms with Gasteiger partial charge in [-0.2, -0.15) is 0 Å². The zero-order valence-corrected chi connectivity index (χ0v) is 8.92. The Hall–Kier alpha value is -0.103. The zero-order chi connectivity index (χ0) is 9.61. The fourth-order valence-electron chi connectivity index (χ4n) is 0.597. The molecule has 0 aromatic heterocycles. The van der Waals surface area contributed by atoms with E-state index in [1.165, 1.54) is 7.11 Å². The van der Waals surface area contributed by atoms with E-state index in [-0.39, 0.29) is 6.04 Å². The summed E-state index contributed by atoms with van der Waals surface area (Å²) in [6, 6.07) is -0.0446. The molecule has 0 fully saturated rings. The third-order valence-corrected chi connectivity index (χ3v) is 3.27. The maximum atomic E-state index is 12.3. The van der Waals surface area contributed by atoms with Gasteiger partial charge in [-0.25, -0.2) is 4.79 Å². The normalized spacial score (nSPS) is 11.3. The molecule has 0 aliphatic heterocycles. The Kier molecular flexibility index (Phi) is 5.48. The van der Waals surface area contributed by atoms with Gasteiger partial charge < -0.3 is 4.74 Å². The highest BCUT2D eigenvalue weighted by atomic mass is 32.2. The van der Waals surface area contributed by atoms with E-state index in [0.29, 0.717) is 12.2 Å². The monoisotopic (exact) mass is 214 g/mol. The first kappa shape index (κ1) is 11.9. The third kappa shape index (κ3) is 8.00. The molecule has 0 aliphatic rings. The maximum Gasteiger partial charge on any atom is 0.422 e. The van der Waals surface area contributed by atoms with E-state index < -0.39 is 14.0 Å². The first-order chi connectivity index (χ1) is 5.45. The summed E-state index contributed by atoms with van der Waals surface area (Å²) in [5, 5.41) is -0.406. The van der Waals surface area contributed by atoms with Crippen molar-refractivity contribution in [3.63, 3.8) is 0 Å². The van der Waals surface area contributed by atoms with E-state index in [0.717, 1.165) is 18.3 Å². The third-order valence-electron chi connectivity index (χ3n) is 1.15. The highest BCUT2D eigenvalue weighted by Gasteiger charge is 2.26. The molecule has 0 rings (SSSR count). The molecule has 0 unspecified atom stereocenters. The summed E-state index contributed by atoms with van der Waals surface area (Å²) in [5.74, 6) is 0.420. The molecule has 0 atom stereocenters. The number of ether oxygens (including phenoxy) is 1. The van der Waals surface area contributed by atoms with Crippen LogP contribution in [-0.2, 0) is 4.74 Å². The molecule has 0 aliphatic carbocycles. The van der Waals surface area contributed by atoms with Gasteiger partial charge in [0.05, 0.1) is 7.11 Å². The van der Waals surface area contributed by atoms with Gasteiger partial charge >= 0.3 is 14.0 Å². The minimum absolute atomic E-state index is 0.0446. The van der Waals surface area contributed by atoms with E-state index in [9.17, 15) is 13.0 Å². The number of methoxy groups -OCH3 is 1. The van der Waals surface area contributed by atoms with Gasteiger partial charge in [-0.05, 0) is 30.8 Å². The minimum atomic E-state index is -3.90. The van der Waals surface area contributed by atoms with Crippen molar-refractivity contribution in [2.24, 2.45) is 0 Å². The lowest BCUT2D eigenvalue weighted by atomic mass is 10.6. The van der Waals surface area contributed by atoms with Crippen LogP contribution in [0.3, 0.4) is 0 Å². The van der Waals surface area contributed by atoms with Crippen molar-refractivity contribution in [2.45, 2.75) is 19.0 Å². The summed E-state index contributed by atoms with van der Waals surface area (Å²) < 4.78 is 29.0. The Morgan fingerprint density at radius 1 is 1.58 bits per heavy atom. The number of hydrogen-bond acceptors (Lipinski definition) is 3. The van der Waals surface area contributed by atoms with Crippen molar-refractivity contribution >= 4 is 25.8 Å². The second-order valence-corrected chi connectivity index (χ2v) is 6.15. The van der Waals surface area contributed by atoms with Crippen LogP contribution in [0.25, 0.3) is 0 Å². The van der Waals surface area contributed by atoms with Crippen molar-refractivity contribution in [2.75, 3.05) is 12.9 Å². The van der Waals surface area contributed by atoms with Crippen LogP contribution in [-0.4, -0.2) is 26.9 Å². The van der Waals surface area contributed by atoms with Gasteiger partial charge in [0.25, 0.3) is 0 Å². The Balaban J connectivity index is 3.28. The average molecular weight is 214 g/mol. The molecule has 0 radical (unpaired) electrons. The molecule has 0 saturated carbocycles. The summed E-state index contributed by atoms with van der Waals surface area (Å²) in [5.41, 5.74) is 0. The summed E-state index contributed by atoms with van der Waals surface area (Å²) >= 11 is 0.945. The number of rotatable bonds is 4. The van der Waals surface area contributed by atoms with E-state index in [2.05, 4.69) is 4.74 Å². The summed E-state index contributed by atoms with van der Waals surface area (Å²) in [6.45, 7) is 1.01. The van der Waals surface area contributed by atoms with Crippen LogP contribution in [0.2, 0.25) is 12.6 Å². The lowest BCUT2D eigenvalue weighted by molar-refractivity contribution is 0.200. The molecule has 0 amide bonds. The van der Waals surface area contributed by atoms with Crippen LogP contribution in [0.15, 0.2) is 0 Å². The number of thioether (sulfide) groups is 1. The smallest absolute Gasteiger partial charge is 0.422 e. The Bertz CT molecular complexity index is 149. The van der Waals surface area contributed by atoms with Crippen molar-refractivity contribution in [1.82, 2.24) is 0 Å². The summed E-state index contributed by atoms with van der Waals surface area (Å²) in [7, 11) is -2.63. The molecule has 0 saturated heterocycles. The van der Waals surface area contributed by atoms with Gasteiger partial charge in [0.2, 0.25) is 0 Å². The molecular formula is C6H12F2O2SSi. The fourth-order valence-corrected chi connectivity index (χ4v) is 2.22. The van der Waals surface area contributed by atoms with E-state index in [1.54, 1.807) is 0 Å². The predicted molar refractivity (Wildman–Crippen MR) is 48.1 cm³/mol. The van der Waals surface area contributed by atoms with Gasteiger partial charge in [0, 0.05) is 5.75 Å². The first-order valence-corrected chi connectivity index (χ1v) is 6.99. The van der Waals surface area contributed by atoms with Crippen molar-refractivity contribution < 1.29 is 17.7 Å². The van der Waals surface area contributed by atoms with Gasteiger partial charge in [0.15, 0.2) is 0 Å². The van der Waals surface area contributed by atoms with Crippen LogP contribution in [0, 0.1) is 0 Å². The predicted octanol–water partition coefficient (Wildman–Crippen LogP) is 2.89. The van der Waals surface area contributed by atoms with Crippen molar-refractivity contribution in [3.8, 4) is 0 Å². The highest BCUT2D eigenvalue weighted by Crippen LogP contribution is 2.17. The molecule has 72 valence electrons. The molecule has 0 heterocycles. The van der Waals surface area contributed by atoms with E-state index >= 15 is 0 Å². The fraction of sp³-hybridized carbons (Fsp3) is 0.833. The Morgan fingerprint density at radius 2 is 2.17 bits per heavy atom. The SMILES string of the molecule is COC(=O)SCCC[Si](C)(F)F. The van der Waals surface area contributed by atoms with E-state index in [1.807, 2.05) is 0 Å². The second-order valence-electron chi connectivity index (χ2n) is 2.48. The second kappa shape index (κ2) is 5.53. The van der Waals surface area contributed by atoms with Crippen molar-refractivity contribution in [1.29, 1.82) is 0 Å². The molecule has 0 N–H and O–H groups in total. The molecule has 12 heavy (non-hydrogen) atoms. The topological polar surface area (TPSA) is 26.3 Å². The van der Waals surface area contributed by atoms with Gasteiger partial charge in [-0.3, -0.25) is 8.22 Å². The van der Waals surface area contributed by atoms with Crippen LogP contribution in [0.4, 0.5) is 13.0 Å². The molecule has 0 bridgehead atoms. The quantitative estimate of drug-likeness (QED) is 0.311. The Labute approximate surface area is 76.0 Å². The molecule has 0 aromatic carbocycles. The molecule has 0 aromatic rings. The first-order valence-electron chi connectivity index (χ1n) is 3.54. The van der Waals surface area contributed by atoms with Crippen LogP contribution >= 0.6 is 11.8 Å². The van der Waals surface area contributed by atoms with Crippen LogP contribution < -0.4 is 0 Å². The largest absolute Gasteiger partial charge is 0.461 e. The molecule has 2 nitrogen and oxygen atoms in total. The van der Waals surface area contributed by atoms with Crippen LogP contribution in [0.5, 0.6) is 0 Å². The van der Waals surface area contributed by atoms with Crippen LogP contribution in [0.1, 0.15) is 6.42 Å². The standard InChI is InChI=1S/C6H12F2O2SSi/c1-10-6(9)11-4-3-5-12(2,7)8/h3-5H2,1-2H3. The number of halogens is 2. The number of hydrogen-bond donors (Lipinski definition) is 0. The van der Waals surface area contributed by atoms with Gasteiger partial charge in [-0.15, -0.1) is 0 Å². The molecule has 6 heteroatoms. The highest BCUT2D eigenvalue weighted by molar-refractivity contribution is 8.13. The lowest BCUT2D eigenvalue weighted by Gasteiger charge is -2.04. The maximum absolute atomic E-state index is 12.3. The minimum Gasteiger partial charge on any atom is -0.461 e. The average Bonchev–Trinajstić information content (AvgIpc) is 1.96. The van der Waals surface area contributed by atoms with Gasteiger partial charge in [-0.1, -0.05) is 0 Å². The number of carbonyl (C=O) groups is 1. The number of carbonyl (C=O) groups excluding carboxylic acids is 1. The molecule has 0 spiro atoms. The van der Waals surface area contributed by atoms with E-state index in [4.69, 9.17) is 0 Å². The molecular weight excluding hydrogens is 202 g/mol.